The van der Waals surface area contributed by atoms with Crippen molar-refractivity contribution < 1.29 is 9.53 Å². The fourth-order valence-electron chi connectivity index (χ4n) is 2.91. The van der Waals surface area contributed by atoms with Crippen molar-refractivity contribution in [1.82, 2.24) is 10.6 Å². The summed E-state index contributed by atoms with van der Waals surface area (Å²) in [5, 5.41) is 6.50. The summed E-state index contributed by atoms with van der Waals surface area (Å²) in [4.78, 5) is 11.9. The molecule has 23 heavy (non-hydrogen) atoms. The molecule has 1 aliphatic rings. The highest BCUT2D eigenvalue weighted by Crippen LogP contribution is 2.32. The standard InChI is InChI=1S/C18H29N3O2/c1-5-14(21-17(22)23-18(2,3)4)11-20-16-9-6-12-10-13(19)7-8-15(12)16/h7-8,10,14,16,20H,5-6,9,11,19H2,1-4H3,(H,21,22). The van der Waals surface area contributed by atoms with E-state index < -0.39 is 5.60 Å². The Morgan fingerprint density at radius 2 is 2.17 bits per heavy atom. The molecule has 0 saturated carbocycles. The Morgan fingerprint density at radius 3 is 2.83 bits per heavy atom. The number of rotatable bonds is 5. The number of carbonyl (C=O) groups excluding carboxylic acids is 1. The molecule has 0 spiro atoms. The summed E-state index contributed by atoms with van der Waals surface area (Å²) in [5.41, 5.74) is 8.85. The van der Waals surface area contributed by atoms with E-state index in [1.165, 1.54) is 11.1 Å². The van der Waals surface area contributed by atoms with Gasteiger partial charge < -0.3 is 21.1 Å². The van der Waals surface area contributed by atoms with Crippen molar-refractivity contribution >= 4 is 11.8 Å². The van der Waals surface area contributed by atoms with Crippen LogP contribution in [0.4, 0.5) is 10.5 Å². The first-order chi connectivity index (χ1) is 10.8. The number of carbonyl (C=O) groups is 1. The van der Waals surface area contributed by atoms with Gasteiger partial charge in [-0.1, -0.05) is 13.0 Å². The van der Waals surface area contributed by atoms with Crippen LogP contribution in [-0.4, -0.2) is 24.3 Å². The number of fused-ring (bicyclic) bond motifs is 1. The molecule has 4 N–H and O–H groups in total. The van der Waals surface area contributed by atoms with Crippen LogP contribution in [0.1, 0.15) is 57.7 Å². The van der Waals surface area contributed by atoms with E-state index >= 15 is 0 Å². The van der Waals surface area contributed by atoms with Crippen molar-refractivity contribution in [2.24, 2.45) is 0 Å². The van der Waals surface area contributed by atoms with Crippen LogP contribution in [0.3, 0.4) is 0 Å². The molecule has 0 bridgehead atoms. The summed E-state index contributed by atoms with van der Waals surface area (Å²) in [5.74, 6) is 0. The van der Waals surface area contributed by atoms with Gasteiger partial charge in [0.15, 0.2) is 0 Å². The molecular formula is C18H29N3O2. The molecule has 1 aromatic carbocycles. The van der Waals surface area contributed by atoms with E-state index in [0.717, 1.165) is 31.5 Å². The van der Waals surface area contributed by atoms with Crippen LogP contribution in [0, 0.1) is 0 Å². The lowest BCUT2D eigenvalue weighted by Crippen LogP contribution is -2.44. The lowest BCUT2D eigenvalue weighted by molar-refractivity contribution is 0.0502. The second-order valence-corrected chi connectivity index (χ2v) is 7.21. The maximum atomic E-state index is 11.9. The number of nitrogens with one attached hydrogen (secondary N) is 2. The average Bonchev–Trinajstić information content (AvgIpc) is 2.83. The largest absolute Gasteiger partial charge is 0.444 e. The van der Waals surface area contributed by atoms with Crippen molar-refractivity contribution in [3.63, 3.8) is 0 Å². The summed E-state index contributed by atoms with van der Waals surface area (Å²) >= 11 is 0. The summed E-state index contributed by atoms with van der Waals surface area (Å²) in [7, 11) is 0. The van der Waals surface area contributed by atoms with Gasteiger partial charge in [-0.15, -0.1) is 0 Å². The fourth-order valence-corrected chi connectivity index (χ4v) is 2.91. The van der Waals surface area contributed by atoms with Gasteiger partial charge >= 0.3 is 6.09 Å². The van der Waals surface area contributed by atoms with Crippen molar-refractivity contribution in [1.29, 1.82) is 0 Å². The Kier molecular flexibility index (Phi) is 5.52. The number of aryl methyl sites for hydroxylation is 1. The minimum absolute atomic E-state index is 0.0580. The van der Waals surface area contributed by atoms with Gasteiger partial charge in [0, 0.05) is 24.3 Å². The molecule has 0 aromatic heterocycles. The number of nitrogen functional groups attached to an aromatic ring is 1. The zero-order valence-electron chi connectivity index (χ0n) is 14.6. The Balaban J connectivity index is 1.86. The maximum Gasteiger partial charge on any atom is 0.407 e. The molecule has 128 valence electrons. The lowest BCUT2D eigenvalue weighted by Gasteiger charge is -2.24. The fraction of sp³-hybridized carbons (Fsp3) is 0.611. The highest BCUT2D eigenvalue weighted by atomic mass is 16.6. The number of alkyl carbamates (subject to hydrolysis) is 1. The van der Waals surface area contributed by atoms with Gasteiger partial charge in [-0.25, -0.2) is 4.79 Å². The first-order valence-electron chi connectivity index (χ1n) is 8.39. The summed E-state index contributed by atoms with van der Waals surface area (Å²) in [6.07, 6.45) is 2.62. The summed E-state index contributed by atoms with van der Waals surface area (Å²) in [6.45, 7) is 8.39. The molecule has 2 atom stereocenters. The predicted molar refractivity (Wildman–Crippen MR) is 93.4 cm³/mol. The van der Waals surface area contributed by atoms with Crippen molar-refractivity contribution in [2.45, 2.75) is 64.6 Å². The van der Waals surface area contributed by atoms with Gasteiger partial charge in [-0.3, -0.25) is 0 Å². The Bertz CT molecular complexity index is 552. The number of amides is 1. The van der Waals surface area contributed by atoms with E-state index in [1.807, 2.05) is 26.8 Å². The number of anilines is 1. The topological polar surface area (TPSA) is 76.4 Å². The summed E-state index contributed by atoms with van der Waals surface area (Å²) in [6, 6.07) is 6.52. The molecule has 0 aliphatic heterocycles. The predicted octanol–water partition coefficient (Wildman–Crippen LogP) is 3.15. The van der Waals surface area contributed by atoms with Crippen molar-refractivity contribution in [3.8, 4) is 0 Å². The van der Waals surface area contributed by atoms with E-state index in [0.29, 0.717) is 6.04 Å². The van der Waals surface area contributed by atoms with Crippen LogP contribution in [0.25, 0.3) is 0 Å². The van der Waals surface area contributed by atoms with Gasteiger partial charge in [0.05, 0.1) is 0 Å². The quantitative estimate of drug-likeness (QED) is 0.729. The second kappa shape index (κ2) is 7.21. The molecule has 0 radical (unpaired) electrons. The third-order valence-electron chi connectivity index (χ3n) is 4.07. The van der Waals surface area contributed by atoms with Gasteiger partial charge in [0.25, 0.3) is 0 Å². The second-order valence-electron chi connectivity index (χ2n) is 7.21. The monoisotopic (exact) mass is 319 g/mol. The molecular weight excluding hydrogens is 290 g/mol. The van der Waals surface area contributed by atoms with Gasteiger partial charge in [0.2, 0.25) is 0 Å². The van der Waals surface area contributed by atoms with Gasteiger partial charge in [-0.2, -0.15) is 0 Å². The highest BCUT2D eigenvalue weighted by molar-refractivity contribution is 5.68. The molecule has 1 aliphatic carbocycles. The molecule has 2 unspecified atom stereocenters. The van der Waals surface area contributed by atoms with E-state index in [4.69, 9.17) is 10.5 Å². The first-order valence-corrected chi connectivity index (χ1v) is 8.39. The van der Waals surface area contributed by atoms with Crippen LogP contribution in [0.5, 0.6) is 0 Å². The lowest BCUT2D eigenvalue weighted by atomic mass is 10.1. The van der Waals surface area contributed by atoms with Crippen LogP contribution < -0.4 is 16.4 Å². The maximum absolute atomic E-state index is 11.9. The smallest absolute Gasteiger partial charge is 0.407 e. The number of nitrogens with two attached hydrogens (primary N) is 1. The van der Waals surface area contributed by atoms with E-state index in [1.54, 1.807) is 0 Å². The van der Waals surface area contributed by atoms with E-state index in [-0.39, 0.29) is 12.1 Å². The highest BCUT2D eigenvalue weighted by Gasteiger charge is 2.24. The normalized spacial score (nSPS) is 18.3. The van der Waals surface area contributed by atoms with Crippen LogP contribution >= 0.6 is 0 Å². The van der Waals surface area contributed by atoms with Crippen LogP contribution in [-0.2, 0) is 11.2 Å². The number of ether oxygens (including phenoxy) is 1. The number of hydrogen-bond donors (Lipinski definition) is 3. The molecule has 5 nitrogen and oxygen atoms in total. The minimum Gasteiger partial charge on any atom is -0.444 e. The Labute approximate surface area is 139 Å². The first kappa shape index (κ1) is 17.6. The molecule has 1 amide bonds. The zero-order chi connectivity index (χ0) is 17.0. The van der Waals surface area contributed by atoms with E-state index in [2.05, 4.69) is 29.7 Å². The van der Waals surface area contributed by atoms with Crippen LogP contribution in [0.2, 0.25) is 0 Å². The molecule has 5 heteroatoms. The van der Waals surface area contributed by atoms with E-state index in [9.17, 15) is 4.79 Å². The number of hydrogen-bond acceptors (Lipinski definition) is 4. The van der Waals surface area contributed by atoms with Gasteiger partial charge in [-0.05, 0) is 63.3 Å². The van der Waals surface area contributed by atoms with Gasteiger partial charge in [0.1, 0.15) is 5.60 Å². The molecule has 2 rings (SSSR count). The van der Waals surface area contributed by atoms with Crippen molar-refractivity contribution in [3.05, 3.63) is 29.3 Å². The number of benzene rings is 1. The minimum atomic E-state index is -0.472. The Hall–Kier alpha value is -1.75. The third kappa shape index (κ3) is 5.13. The third-order valence-corrected chi connectivity index (χ3v) is 4.07. The molecule has 0 saturated heterocycles. The summed E-state index contributed by atoms with van der Waals surface area (Å²) < 4.78 is 5.32. The molecule has 0 fully saturated rings. The molecule has 1 aromatic rings. The zero-order valence-corrected chi connectivity index (χ0v) is 14.6. The average molecular weight is 319 g/mol. The van der Waals surface area contributed by atoms with Crippen molar-refractivity contribution in [2.75, 3.05) is 12.3 Å². The van der Waals surface area contributed by atoms with Crippen LogP contribution in [0.15, 0.2) is 18.2 Å². The Morgan fingerprint density at radius 1 is 1.43 bits per heavy atom. The SMILES string of the molecule is CCC(CNC1CCc2cc(N)ccc21)NC(=O)OC(C)(C)C. The molecule has 0 heterocycles.